The molecule has 5 nitrogen and oxygen atoms in total. The van der Waals surface area contributed by atoms with E-state index in [4.69, 9.17) is 10.5 Å². The molecule has 1 aromatic rings. The summed E-state index contributed by atoms with van der Waals surface area (Å²) in [6.07, 6.45) is 5.93. The van der Waals surface area contributed by atoms with E-state index in [0.29, 0.717) is 12.2 Å². The molecule has 0 saturated carbocycles. The van der Waals surface area contributed by atoms with Crippen molar-refractivity contribution in [2.45, 2.75) is 19.3 Å². The molecule has 1 aromatic heterocycles. The number of thiophene rings is 1. The zero-order chi connectivity index (χ0) is 14.4. The second-order valence-electron chi connectivity index (χ2n) is 4.35. The van der Waals surface area contributed by atoms with Crippen molar-refractivity contribution in [1.82, 2.24) is 5.32 Å². The largest absolute Gasteiger partial charge is 0.496 e. The Morgan fingerprint density at radius 2 is 2.25 bits per heavy atom. The second-order valence-corrected chi connectivity index (χ2v) is 5.38. The summed E-state index contributed by atoms with van der Waals surface area (Å²) in [5.41, 5.74) is 6.22. The summed E-state index contributed by atoms with van der Waals surface area (Å²) in [6.45, 7) is 0.446. The summed E-state index contributed by atoms with van der Waals surface area (Å²) in [4.78, 5) is 23.9. The van der Waals surface area contributed by atoms with Gasteiger partial charge in [0.05, 0.1) is 11.8 Å². The Labute approximate surface area is 121 Å². The molecular weight excluding hydrogens is 276 g/mol. The molecule has 106 valence electrons. The average Bonchev–Trinajstić information content (AvgIpc) is 2.91. The van der Waals surface area contributed by atoms with Gasteiger partial charge in [0, 0.05) is 4.88 Å². The number of aryl methyl sites for hydroxylation is 1. The number of urea groups is 1. The van der Waals surface area contributed by atoms with Crippen LogP contribution in [0, 0.1) is 0 Å². The number of hydrogen-bond acceptors (Lipinski definition) is 4. The van der Waals surface area contributed by atoms with Gasteiger partial charge in [-0.05, 0) is 42.4 Å². The molecule has 1 aliphatic heterocycles. The van der Waals surface area contributed by atoms with Crippen LogP contribution in [0.15, 0.2) is 41.0 Å². The predicted molar refractivity (Wildman–Crippen MR) is 77.1 cm³/mol. The van der Waals surface area contributed by atoms with Crippen LogP contribution >= 0.6 is 11.3 Å². The van der Waals surface area contributed by atoms with Crippen molar-refractivity contribution in [3.63, 3.8) is 0 Å². The first kappa shape index (κ1) is 14.3. The van der Waals surface area contributed by atoms with Crippen molar-refractivity contribution >= 4 is 23.3 Å². The molecule has 0 radical (unpaired) electrons. The Hall–Kier alpha value is -2.08. The third kappa shape index (κ3) is 3.96. The average molecular weight is 292 g/mol. The minimum atomic E-state index is -0.862. The number of carbonyl (C=O) groups excluding carboxylic acids is 2. The quantitative estimate of drug-likeness (QED) is 0.872. The number of nitrogens with two attached hydrogens (primary N) is 1. The fourth-order valence-electron chi connectivity index (χ4n) is 1.99. The van der Waals surface area contributed by atoms with Crippen LogP contribution in [0.2, 0.25) is 0 Å². The molecule has 2 rings (SSSR count). The fourth-order valence-corrected chi connectivity index (χ4v) is 2.74. The van der Waals surface area contributed by atoms with Gasteiger partial charge in [0.15, 0.2) is 0 Å². The monoisotopic (exact) mass is 292 g/mol. The van der Waals surface area contributed by atoms with E-state index in [1.165, 1.54) is 11.1 Å². The maximum atomic E-state index is 11.8. The van der Waals surface area contributed by atoms with Gasteiger partial charge < -0.3 is 10.5 Å². The summed E-state index contributed by atoms with van der Waals surface area (Å²) >= 11 is 1.73. The molecule has 0 aromatic carbocycles. The third-order valence-corrected chi connectivity index (χ3v) is 3.84. The molecule has 0 atom stereocenters. The molecule has 0 spiro atoms. The van der Waals surface area contributed by atoms with Gasteiger partial charge in [0.2, 0.25) is 0 Å². The van der Waals surface area contributed by atoms with E-state index in [1.54, 1.807) is 11.3 Å². The fraction of sp³-hybridized carbons (Fsp3) is 0.286. The molecule has 0 saturated heterocycles. The Morgan fingerprint density at radius 3 is 2.95 bits per heavy atom. The van der Waals surface area contributed by atoms with Gasteiger partial charge >= 0.3 is 6.03 Å². The number of nitrogens with one attached hydrogen (secondary N) is 1. The van der Waals surface area contributed by atoms with E-state index in [0.717, 1.165) is 24.8 Å². The lowest BCUT2D eigenvalue weighted by Gasteiger charge is -2.15. The smallest absolute Gasteiger partial charge is 0.319 e. The van der Waals surface area contributed by atoms with E-state index in [9.17, 15) is 9.59 Å². The molecule has 20 heavy (non-hydrogen) atoms. The van der Waals surface area contributed by atoms with Crippen molar-refractivity contribution in [1.29, 1.82) is 0 Å². The van der Waals surface area contributed by atoms with E-state index in [2.05, 4.69) is 16.8 Å². The zero-order valence-electron chi connectivity index (χ0n) is 10.9. The van der Waals surface area contributed by atoms with Crippen LogP contribution in [0.1, 0.15) is 17.7 Å². The van der Waals surface area contributed by atoms with Crippen LogP contribution in [-0.2, 0) is 16.0 Å². The Bertz CT molecular complexity index is 547. The molecule has 1 aliphatic rings. The van der Waals surface area contributed by atoms with Gasteiger partial charge in [0.25, 0.3) is 5.91 Å². The van der Waals surface area contributed by atoms with Gasteiger partial charge in [-0.3, -0.25) is 10.1 Å². The van der Waals surface area contributed by atoms with Crippen molar-refractivity contribution in [2.75, 3.05) is 6.61 Å². The van der Waals surface area contributed by atoms with Crippen LogP contribution < -0.4 is 11.1 Å². The van der Waals surface area contributed by atoms with Crippen LogP contribution in [0.25, 0.3) is 0 Å². The standard InChI is InChI=1S/C14H16N2O3S/c15-14(18)16-13(17)12-9-19-7-6-10(12)3-1-4-11-5-2-8-20-11/h2,5-6,8-9H,1,3-4,7H2,(H3,15,16,17,18). The van der Waals surface area contributed by atoms with Crippen LogP contribution in [0.4, 0.5) is 4.79 Å². The molecular formula is C14H16N2O3S. The summed E-state index contributed by atoms with van der Waals surface area (Å²) in [7, 11) is 0. The van der Waals surface area contributed by atoms with Crippen molar-refractivity contribution < 1.29 is 14.3 Å². The van der Waals surface area contributed by atoms with Gasteiger partial charge in [-0.1, -0.05) is 6.07 Å². The molecule has 3 N–H and O–H groups in total. The summed E-state index contributed by atoms with van der Waals surface area (Å²) in [6, 6.07) is 3.26. The number of primary amides is 1. The number of amides is 3. The number of hydrogen-bond donors (Lipinski definition) is 2. The van der Waals surface area contributed by atoms with E-state index >= 15 is 0 Å². The number of ether oxygens (including phenoxy) is 1. The Balaban J connectivity index is 1.91. The van der Waals surface area contributed by atoms with Crippen molar-refractivity contribution in [3.05, 3.63) is 45.9 Å². The molecule has 2 heterocycles. The SMILES string of the molecule is NC(=O)NC(=O)C1=COCC=C1CCCc1cccs1. The lowest BCUT2D eigenvalue weighted by molar-refractivity contribution is -0.116. The van der Waals surface area contributed by atoms with Gasteiger partial charge in [-0.25, -0.2) is 4.79 Å². The number of rotatable bonds is 5. The normalized spacial score (nSPS) is 14.0. The van der Waals surface area contributed by atoms with Crippen molar-refractivity contribution in [2.24, 2.45) is 5.73 Å². The third-order valence-electron chi connectivity index (χ3n) is 2.90. The summed E-state index contributed by atoms with van der Waals surface area (Å²) in [5.74, 6) is -0.514. The van der Waals surface area contributed by atoms with E-state index < -0.39 is 11.9 Å². The van der Waals surface area contributed by atoms with Crippen LogP contribution in [0.3, 0.4) is 0 Å². The van der Waals surface area contributed by atoms with Gasteiger partial charge in [0.1, 0.15) is 6.61 Å². The highest BCUT2D eigenvalue weighted by Gasteiger charge is 2.18. The number of carbonyl (C=O) groups is 2. The lowest BCUT2D eigenvalue weighted by Crippen LogP contribution is -2.36. The molecule has 0 bridgehead atoms. The lowest BCUT2D eigenvalue weighted by atomic mass is 9.99. The molecule has 3 amide bonds. The van der Waals surface area contributed by atoms with E-state index in [1.807, 2.05) is 12.1 Å². The highest BCUT2D eigenvalue weighted by molar-refractivity contribution is 7.09. The topological polar surface area (TPSA) is 81.4 Å². The maximum absolute atomic E-state index is 11.8. The van der Waals surface area contributed by atoms with Gasteiger partial charge in [-0.2, -0.15) is 0 Å². The summed E-state index contributed by atoms with van der Waals surface area (Å²) in [5, 5.41) is 4.11. The zero-order valence-corrected chi connectivity index (χ0v) is 11.7. The minimum absolute atomic E-state index is 0.376. The maximum Gasteiger partial charge on any atom is 0.319 e. The highest BCUT2D eigenvalue weighted by Crippen LogP contribution is 2.22. The minimum Gasteiger partial charge on any atom is -0.496 e. The Morgan fingerprint density at radius 1 is 1.40 bits per heavy atom. The van der Waals surface area contributed by atoms with Crippen LogP contribution in [0.5, 0.6) is 0 Å². The predicted octanol–water partition coefficient (Wildman–Crippen LogP) is 2.11. The molecule has 0 fully saturated rings. The summed E-state index contributed by atoms with van der Waals surface area (Å²) < 4.78 is 5.12. The highest BCUT2D eigenvalue weighted by atomic mass is 32.1. The molecule has 0 aliphatic carbocycles. The molecule has 0 unspecified atom stereocenters. The number of imide groups is 1. The van der Waals surface area contributed by atoms with E-state index in [-0.39, 0.29) is 0 Å². The second kappa shape index (κ2) is 6.91. The van der Waals surface area contributed by atoms with Gasteiger partial charge in [-0.15, -0.1) is 11.3 Å². The first-order valence-corrected chi connectivity index (χ1v) is 7.19. The Kier molecular flexibility index (Phi) is 4.95. The first-order valence-electron chi connectivity index (χ1n) is 6.31. The van der Waals surface area contributed by atoms with Crippen molar-refractivity contribution in [3.8, 4) is 0 Å². The first-order chi connectivity index (χ1) is 9.66. The molecule has 6 heteroatoms. The van der Waals surface area contributed by atoms with Crippen LogP contribution in [-0.4, -0.2) is 18.5 Å².